The molecule has 0 saturated heterocycles. The highest BCUT2D eigenvalue weighted by Crippen LogP contribution is 2.36. The van der Waals surface area contributed by atoms with Gasteiger partial charge in [0.25, 0.3) is 15.9 Å². The van der Waals surface area contributed by atoms with Crippen LogP contribution in [0.4, 0.5) is 0 Å². The van der Waals surface area contributed by atoms with E-state index in [1.807, 2.05) is 27.7 Å². The molecule has 1 aliphatic heterocycles. The van der Waals surface area contributed by atoms with E-state index in [9.17, 15) is 18.0 Å². The number of fused-ring (bicyclic) bond motifs is 1. The first-order chi connectivity index (χ1) is 19.0. The smallest absolute Gasteiger partial charge is 0.337 e. The number of carbonyl (C=O) groups is 2. The number of methoxy groups -OCH3 is 1. The Labute approximate surface area is 234 Å². The van der Waals surface area contributed by atoms with Crippen molar-refractivity contribution in [2.45, 2.75) is 51.0 Å². The quantitative estimate of drug-likeness (QED) is 0.335. The molecule has 1 amide bonds. The Kier molecular flexibility index (Phi) is 8.68. The summed E-state index contributed by atoms with van der Waals surface area (Å²) in [6.07, 6.45) is -0.829. The lowest BCUT2D eigenvalue weighted by Gasteiger charge is -2.22. The van der Waals surface area contributed by atoms with E-state index in [4.69, 9.17) is 18.9 Å². The summed E-state index contributed by atoms with van der Waals surface area (Å²) in [5.41, 5.74) is 2.34. The van der Waals surface area contributed by atoms with Crippen LogP contribution in [0.1, 0.15) is 66.8 Å². The zero-order chi connectivity index (χ0) is 29.0. The summed E-state index contributed by atoms with van der Waals surface area (Å²) in [6, 6.07) is 16.0. The third kappa shape index (κ3) is 6.56. The van der Waals surface area contributed by atoms with E-state index in [1.165, 1.54) is 25.3 Å². The number of sulfonamides is 1. The number of benzene rings is 3. The number of ether oxygens (including phenoxy) is 4. The van der Waals surface area contributed by atoms with Gasteiger partial charge in [0, 0.05) is 5.56 Å². The van der Waals surface area contributed by atoms with Crippen LogP contribution in [0.5, 0.6) is 17.2 Å². The number of esters is 1. The van der Waals surface area contributed by atoms with Crippen molar-refractivity contribution in [2.24, 2.45) is 5.92 Å². The predicted molar refractivity (Wildman–Crippen MR) is 148 cm³/mol. The first-order valence-electron chi connectivity index (χ1n) is 12.9. The molecule has 1 aliphatic rings. The first-order valence-corrected chi connectivity index (χ1v) is 14.4. The second kappa shape index (κ2) is 12.0. The molecule has 0 saturated carbocycles. The predicted octanol–water partition coefficient (Wildman–Crippen LogP) is 5.15. The van der Waals surface area contributed by atoms with Crippen LogP contribution in [-0.2, 0) is 26.0 Å². The third-order valence-corrected chi connectivity index (χ3v) is 7.75. The summed E-state index contributed by atoms with van der Waals surface area (Å²) in [4.78, 5) is 25.7. The van der Waals surface area contributed by atoms with Gasteiger partial charge in [0.15, 0.2) is 11.5 Å². The Balaban J connectivity index is 1.70. The lowest BCUT2D eigenvalue weighted by atomic mass is 9.99. The van der Waals surface area contributed by atoms with Crippen LogP contribution in [-0.4, -0.2) is 34.2 Å². The van der Waals surface area contributed by atoms with Gasteiger partial charge in [0.05, 0.1) is 17.6 Å². The van der Waals surface area contributed by atoms with Crippen molar-refractivity contribution in [1.29, 1.82) is 0 Å². The average molecular weight is 568 g/mol. The average Bonchev–Trinajstić information content (AvgIpc) is 3.39. The minimum Gasteiger partial charge on any atom is -0.475 e. The number of hydrogen-bond acceptors (Lipinski definition) is 8. The van der Waals surface area contributed by atoms with E-state index in [2.05, 4.69) is 4.72 Å². The monoisotopic (exact) mass is 567 g/mol. The highest BCUT2D eigenvalue weighted by Gasteiger charge is 2.30. The van der Waals surface area contributed by atoms with Gasteiger partial charge in [-0.15, -0.1) is 0 Å². The fourth-order valence-electron chi connectivity index (χ4n) is 4.29. The van der Waals surface area contributed by atoms with Crippen molar-refractivity contribution in [1.82, 2.24) is 4.72 Å². The van der Waals surface area contributed by atoms with E-state index in [0.29, 0.717) is 40.4 Å². The molecule has 0 radical (unpaired) electrons. The zero-order valence-electron chi connectivity index (χ0n) is 23.1. The Morgan fingerprint density at radius 1 is 0.900 bits per heavy atom. The molecule has 212 valence electrons. The van der Waals surface area contributed by atoms with E-state index < -0.39 is 28.0 Å². The molecule has 0 spiro atoms. The van der Waals surface area contributed by atoms with Crippen molar-refractivity contribution in [3.63, 3.8) is 0 Å². The molecule has 3 aromatic carbocycles. The van der Waals surface area contributed by atoms with Crippen molar-refractivity contribution in [3.8, 4) is 17.2 Å². The van der Waals surface area contributed by atoms with Crippen molar-refractivity contribution in [3.05, 3.63) is 82.9 Å². The Bertz CT molecular complexity index is 1500. The van der Waals surface area contributed by atoms with Crippen LogP contribution >= 0.6 is 0 Å². The fraction of sp³-hybridized carbons (Fsp3) is 0.333. The Hall–Kier alpha value is -4.05. The van der Waals surface area contributed by atoms with Gasteiger partial charge < -0.3 is 18.9 Å². The van der Waals surface area contributed by atoms with Gasteiger partial charge in [0.2, 0.25) is 12.9 Å². The summed E-state index contributed by atoms with van der Waals surface area (Å²) in [5, 5.41) is 0. The molecule has 1 N–H and O–H groups in total. The molecular weight excluding hydrogens is 534 g/mol. The number of nitrogens with one attached hydrogen (secondary N) is 1. The minimum absolute atomic E-state index is 0.0325. The van der Waals surface area contributed by atoms with Gasteiger partial charge in [-0.25, -0.2) is 17.9 Å². The van der Waals surface area contributed by atoms with Gasteiger partial charge >= 0.3 is 5.97 Å². The molecule has 0 aliphatic carbocycles. The molecule has 3 aromatic rings. The maximum Gasteiger partial charge on any atom is 0.337 e. The first kappa shape index (κ1) is 28.9. The highest BCUT2D eigenvalue weighted by atomic mass is 32.2. The Morgan fingerprint density at radius 2 is 1.57 bits per heavy atom. The normalized spacial score (nSPS) is 13.3. The number of carbonyl (C=O) groups excluding carboxylic acids is 2. The van der Waals surface area contributed by atoms with Gasteiger partial charge in [-0.1, -0.05) is 45.9 Å². The molecule has 4 rings (SSSR count). The lowest BCUT2D eigenvalue weighted by molar-refractivity contribution is -0.126. The number of amides is 1. The summed E-state index contributed by atoms with van der Waals surface area (Å²) < 4.78 is 50.5. The van der Waals surface area contributed by atoms with Crippen LogP contribution in [0.3, 0.4) is 0 Å². The topological polar surface area (TPSA) is 117 Å². The van der Waals surface area contributed by atoms with Gasteiger partial charge in [0.1, 0.15) is 5.75 Å². The molecule has 1 unspecified atom stereocenters. The number of rotatable bonds is 10. The van der Waals surface area contributed by atoms with Gasteiger partial charge in [-0.05, 0) is 71.8 Å². The number of hydrogen-bond donors (Lipinski definition) is 1. The minimum atomic E-state index is -4.21. The molecule has 0 fully saturated rings. The van der Waals surface area contributed by atoms with Crippen LogP contribution in [0.15, 0.2) is 65.6 Å². The molecular formula is C30H33NO8S. The molecule has 1 heterocycles. The van der Waals surface area contributed by atoms with Crippen LogP contribution in [0.25, 0.3) is 0 Å². The second-order valence-electron chi connectivity index (χ2n) is 10.2. The van der Waals surface area contributed by atoms with Crippen LogP contribution < -0.4 is 18.9 Å². The van der Waals surface area contributed by atoms with E-state index in [0.717, 1.165) is 5.56 Å². The van der Waals surface area contributed by atoms with Crippen molar-refractivity contribution in [2.75, 3.05) is 13.9 Å². The summed E-state index contributed by atoms with van der Waals surface area (Å²) in [7, 11) is -2.91. The largest absolute Gasteiger partial charge is 0.475 e. The summed E-state index contributed by atoms with van der Waals surface area (Å²) in [5.74, 6) is 0.273. The maximum absolute atomic E-state index is 13.6. The molecule has 1 atom stereocenters. The van der Waals surface area contributed by atoms with Crippen LogP contribution in [0, 0.1) is 5.92 Å². The molecule has 10 heteroatoms. The summed E-state index contributed by atoms with van der Waals surface area (Å²) >= 11 is 0. The van der Waals surface area contributed by atoms with Crippen LogP contribution in [0.2, 0.25) is 0 Å². The third-order valence-electron chi connectivity index (χ3n) is 6.38. The SMILES string of the molecule is COC(=O)c1ccc(OC(C(=O)NS(=O)(=O)c2ccc(C(C)C)cc2)c2ccc3c(c2)OCO3)c(CC(C)C)c1. The van der Waals surface area contributed by atoms with Crippen molar-refractivity contribution >= 4 is 21.9 Å². The van der Waals surface area contributed by atoms with E-state index in [1.54, 1.807) is 42.5 Å². The van der Waals surface area contributed by atoms with E-state index in [-0.39, 0.29) is 23.5 Å². The molecule has 0 aromatic heterocycles. The second-order valence-corrected chi connectivity index (χ2v) is 11.9. The molecule has 9 nitrogen and oxygen atoms in total. The lowest BCUT2D eigenvalue weighted by Crippen LogP contribution is -2.37. The van der Waals surface area contributed by atoms with E-state index >= 15 is 0 Å². The Morgan fingerprint density at radius 3 is 2.23 bits per heavy atom. The highest BCUT2D eigenvalue weighted by molar-refractivity contribution is 7.90. The van der Waals surface area contributed by atoms with Gasteiger partial charge in [-0.3, -0.25) is 4.79 Å². The standard InChI is InChI=1S/C30H33NO8S/c1-18(2)14-23-15-22(30(33)36-5)9-12-25(23)39-28(21-8-13-26-27(16-21)38-17-37-26)29(32)31-40(34,35)24-10-6-20(7-11-24)19(3)4/h6-13,15-16,18-19,28H,14,17H2,1-5H3,(H,31,32). The maximum atomic E-state index is 13.6. The zero-order valence-corrected chi connectivity index (χ0v) is 23.9. The molecule has 0 bridgehead atoms. The summed E-state index contributed by atoms with van der Waals surface area (Å²) in [6.45, 7) is 8.06. The van der Waals surface area contributed by atoms with Crippen molar-refractivity contribution < 1.29 is 37.0 Å². The van der Waals surface area contributed by atoms with Gasteiger partial charge in [-0.2, -0.15) is 0 Å². The molecule has 40 heavy (non-hydrogen) atoms. The fourth-order valence-corrected chi connectivity index (χ4v) is 5.28.